The Balaban J connectivity index is 1.68. The van der Waals surface area contributed by atoms with Crippen molar-refractivity contribution in [2.45, 2.75) is 18.2 Å². The van der Waals surface area contributed by atoms with E-state index in [9.17, 15) is 19.1 Å². The van der Waals surface area contributed by atoms with Crippen molar-refractivity contribution in [3.63, 3.8) is 0 Å². The van der Waals surface area contributed by atoms with E-state index >= 15 is 0 Å². The molecule has 12 heteroatoms. The summed E-state index contributed by atoms with van der Waals surface area (Å²) in [6, 6.07) is 9.21. The van der Waals surface area contributed by atoms with Gasteiger partial charge in [-0.2, -0.15) is 5.10 Å². The summed E-state index contributed by atoms with van der Waals surface area (Å²) in [5.41, 5.74) is 1.03. The number of halogens is 1. The SMILES string of the molecule is CCN(C(=O)CCN(C)S(=O)c1cccc([N+](=O)[O-])c1)c1cn(-c2cccnc2)nc1Cl. The number of aromatic nitrogens is 3. The third-order valence-corrected chi connectivity index (χ3v) is 6.30. The van der Waals surface area contributed by atoms with Crippen molar-refractivity contribution in [2.24, 2.45) is 0 Å². The number of nitrogens with zero attached hydrogens (tertiary/aromatic N) is 6. The van der Waals surface area contributed by atoms with Gasteiger partial charge in [0, 0.05) is 44.9 Å². The Morgan fingerprint density at radius 2 is 2.09 bits per heavy atom. The van der Waals surface area contributed by atoms with Gasteiger partial charge < -0.3 is 4.90 Å². The second-order valence-electron chi connectivity index (χ2n) is 6.70. The number of nitro benzene ring substituents is 1. The third kappa shape index (κ3) is 5.36. The fourth-order valence-electron chi connectivity index (χ4n) is 2.98. The van der Waals surface area contributed by atoms with Crippen LogP contribution in [0, 0.1) is 10.1 Å². The smallest absolute Gasteiger partial charge is 0.270 e. The van der Waals surface area contributed by atoms with Crippen molar-refractivity contribution in [3.05, 3.63) is 70.3 Å². The van der Waals surface area contributed by atoms with Crippen LogP contribution in [0.25, 0.3) is 5.69 Å². The van der Waals surface area contributed by atoms with Crippen LogP contribution < -0.4 is 4.90 Å². The number of pyridine rings is 1. The Hall–Kier alpha value is -3.15. The van der Waals surface area contributed by atoms with E-state index in [2.05, 4.69) is 10.1 Å². The second-order valence-corrected chi connectivity index (χ2v) is 8.66. The first-order valence-corrected chi connectivity index (χ1v) is 11.1. The minimum atomic E-state index is -1.65. The summed E-state index contributed by atoms with van der Waals surface area (Å²) in [4.78, 5) is 29.1. The highest BCUT2D eigenvalue weighted by Gasteiger charge is 2.22. The van der Waals surface area contributed by atoms with Gasteiger partial charge >= 0.3 is 0 Å². The van der Waals surface area contributed by atoms with E-state index in [-0.39, 0.29) is 29.7 Å². The molecule has 0 N–H and O–H groups in total. The predicted octanol–water partition coefficient (Wildman–Crippen LogP) is 3.23. The van der Waals surface area contributed by atoms with Crippen LogP contribution in [0.2, 0.25) is 5.15 Å². The number of nitro groups is 1. The Labute approximate surface area is 192 Å². The minimum Gasteiger partial charge on any atom is -0.308 e. The average Bonchev–Trinajstić information content (AvgIpc) is 3.19. The fourth-order valence-corrected chi connectivity index (χ4v) is 4.25. The molecule has 0 fully saturated rings. The van der Waals surface area contributed by atoms with Crippen molar-refractivity contribution in [2.75, 3.05) is 25.0 Å². The minimum absolute atomic E-state index is 0.0689. The summed E-state index contributed by atoms with van der Waals surface area (Å²) < 4.78 is 15.7. The molecule has 2 aromatic heterocycles. The van der Waals surface area contributed by atoms with Crippen molar-refractivity contribution < 1.29 is 13.9 Å². The van der Waals surface area contributed by atoms with E-state index in [0.717, 1.165) is 0 Å². The van der Waals surface area contributed by atoms with Gasteiger partial charge in [0.1, 0.15) is 16.7 Å². The van der Waals surface area contributed by atoms with Crippen LogP contribution in [-0.4, -0.2) is 54.2 Å². The normalized spacial score (nSPS) is 12.0. The van der Waals surface area contributed by atoms with Crippen LogP contribution in [-0.2, 0) is 15.8 Å². The Morgan fingerprint density at radius 3 is 2.75 bits per heavy atom. The molecule has 0 radical (unpaired) electrons. The molecule has 2 heterocycles. The first kappa shape index (κ1) is 23.5. The molecule has 32 heavy (non-hydrogen) atoms. The maximum Gasteiger partial charge on any atom is 0.270 e. The molecule has 1 aromatic carbocycles. The molecule has 3 aromatic rings. The first-order valence-electron chi connectivity index (χ1n) is 9.65. The molecule has 0 aliphatic heterocycles. The Bertz CT molecular complexity index is 1140. The average molecular weight is 477 g/mol. The molecule has 0 aliphatic carbocycles. The summed E-state index contributed by atoms with van der Waals surface area (Å²) in [5.74, 6) is -0.219. The number of non-ortho nitro benzene ring substituents is 1. The van der Waals surface area contributed by atoms with Crippen molar-refractivity contribution >= 4 is 39.9 Å². The van der Waals surface area contributed by atoms with Gasteiger partial charge in [-0.3, -0.25) is 19.9 Å². The number of benzene rings is 1. The molecule has 0 saturated carbocycles. The van der Waals surface area contributed by atoms with E-state index in [0.29, 0.717) is 22.8 Å². The zero-order chi connectivity index (χ0) is 23.3. The summed E-state index contributed by atoms with van der Waals surface area (Å²) in [6.07, 6.45) is 5.00. The lowest BCUT2D eigenvalue weighted by molar-refractivity contribution is -0.385. The van der Waals surface area contributed by atoms with Gasteiger partial charge in [0.15, 0.2) is 5.15 Å². The largest absolute Gasteiger partial charge is 0.308 e. The number of carbonyl (C=O) groups excluding carboxylic acids is 1. The predicted molar refractivity (Wildman–Crippen MR) is 121 cm³/mol. The molecule has 0 saturated heterocycles. The number of carbonyl (C=O) groups is 1. The van der Waals surface area contributed by atoms with Gasteiger partial charge in [-0.1, -0.05) is 17.7 Å². The molecular weight excluding hydrogens is 456 g/mol. The van der Waals surface area contributed by atoms with Crippen LogP contribution in [0.5, 0.6) is 0 Å². The lowest BCUT2D eigenvalue weighted by Gasteiger charge is -2.21. The Kier molecular flexibility index (Phi) is 7.67. The third-order valence-electron chi connectivity index (χ3n) is 4.62. The van der Waals surface area contributed by atoms with E-state index in [1.54, 1.807) is 42.5 Å². The topological polar surface area (TPSA) is 114 Å². The molecule has 1 atom stereocenters. The van der Waals surface area contributed by atoms with Crippen molar-refractivity contribution in [3.8, 4) is 5.69 Å². The number of rotatable bonds is 9. The molecule has 168 valence electrons. The lowest BCUT2D eigenvalue weighted by Crippen LogP contribution is -2.34. The van der Waals surface area contributed by atoms with Crippen LogP contribution in [0.1, 0.15) is 13.3 Å². The zero-order valence-electron chi connectivity index (χ0n) is 17.4. The highest BCUT2D eigenvalue weighted by atomic mass is 35.5. The highest BCUT2D eigenvalue weighted by molar-refractivity contribution is 7.82. The van der Waals surface area contributed by atoms with E-state index in [1.165, 1.54) is 27.4 Å². The molecule has 0 spiro atoms. The van der Waals surface area contributed by atoms with Crippen molar-refractivity contribution in [1.29, 1.82) is 0 Å². The standard InChI is InChI=1S/C20H21ClN6O4S/c1-3-25(18-14-26(23-20(18)21)16-7-5-10-22-13-16)19(28)9-11-24(2)32(31)17-8-4-6-15(12-17)27(29)30/h4-8,10,12-14H,3,9,11H2,1-2H3. The highest BCUT2D eigenvalue weighted by Crippen LogP contribution is 2.26. The molecule has 3 rings (SSSR count). The quantitative estimate of drug-likeness (QED) is 0.346. The van der Waals surface area contributed by atoms with Crippen LogP contribution in [0.4, 0.5) is 11.4 Å². The molecular formula is C20H21ClN6O4S. The van der Waals surface area contributed by atoms with Crippen LogP contribution in [0.3, 0.4) is 0 Å². The maximum atomic E-state index is 12.9. The van der Waals surface area contributed by atoms with Gasteiger partial charge in [-0.25, -0.2) is 13.2 Å². The molecule has 1 unspecified atom stereocenters. The molecule has 10 nitrogen and oxygen atoms in total. The summed E-state index contributed by atoms with van der Waals surface area (Å²) in [6.45, 7) is 2.37. The lowest BCUT2D eigenvalue weighted by atomic mass is 10.3. The summed E-state index contributed by atoms with van der Waals surface area (Å²) in [5, 5.41) is 15.4. The molecule has 1 amide bonds. The second kappa shape index (κ2) is 10.4. The van der Waals surface area contributed by atoms with Gasteiger partial charge in [0.2, 0.25) is 5.91 Å². The number of hydrogen-bond donors (Lipinski definition) is 0. The van der Waals surface area contributed by atoms with Gasteiger partial charge in [0.05, 0.1) is 27.9 Å². The molecule has 0 aliphatic rings. The monoisotopic (exact) mass is 476 g/mol. The van der Waals surface area contributed by atoms with E-state index in [1.807, 2.05) is 13.0 Å². The number of anilines is 1. The zero-order valence-corrected chi connectivity index (χ0v) is 19.0. The summed E-state index contributed by atoms with van der Waals surface area (Å²) >= 11 is 6.29. The van der Waals surface area contributed by atoms with Crippen molar-refractivity contribution in [1.82, 2.24) is 19.1 Å². The van der Waals surface area contributed by atoms with Gasteiger partial charge in [0.25, 0.3) is 5.69 Å². The van der Waals surface area contributed by atoms with Crippen LogP contribution in [0.15, 0.2) is 59.9 Å². The number of hydrogen-bond acceptors (Lipinski definition) is 6. The van der Waals surface area contributed by atoms with Gasteiger partial charge in [-0.15, -0.1) is 0 Å². The van der Waals surface area contributed by atoms with E-state index in [4.69, 9.17) is 11.6 Å². The first-order chi connectivity index (χ1) is 15.3. The van der Waals surface area contributed by atoms with Crippen LogP contribution >= 0.6 is 11.6 Å². The number of amides is 1. The fraction of sp³-hybridized carbons (Fsp3) is 0.250. The Morgan fingerprint density at radius 1 is 1.31 bits per heavy atom. The van der Waals surface area contributed by atoms with Gasteiger partial charge in [-0.05, 0) is 25.1 Å². The summed E-state index contributed by atoms with van der Waals surface area (Å²) in [7, 11) is -0.0584. The molecule has 0 bridgehead atoms. The maximum absolute atomic E-state index is 12.9. The van der Waals surface area contributed by atoms with E-state index < -0.39 is 15.9 Å².